The van der Waals surface area contributed by atoms with Crippen LogP contribution in [0.2, 0.25) is 0 Å². The Hall–Kier alpha value is -0.690. The average molecular weight is 308 g/mol. The van der Waals surface area contributed by atoms with Gasteiger partial charge in [-0.1, -0.05) is 0 Å². The van der Waals surface area contributed by atoms with Crippen LogP contribution >= 0.6 is 11.6 Å². The largest absolute Gasteiger partial charge is 0.374 e. The van der Waals surface area contributed by atoms with Gasteiger partial charge in [0.1, 0.15) is 5.82 Å². The van der Waals surface area contributed by atoms with Gasteiger partial charge in [-0.05, 0) is 31.2 Å². The Balaban J connectivity index is 2.29. The molecule has 2 atom stereocenters. The van der Waals surface area contributed by atoms with Crippen LogP contribution in [0.3, 0.4) is 0 Å². The van der Waals surface area contributed by atoms with Crippen molar-refractivity contribution in [2.24, 2.45) is 0 Å². The average Bonchev–Trinajstić information content (AvgIpc) is 2.39. The third-order valence-electron chi connectivity index (χ3n) is 3.04. The van der Waals surface area contributed by atoms with Crippen molar-refractivity contribution in [1.29, 1.82) is 0 Å². The molecule has 1 aliphatic heterocycles. The van der Waals surface area contributed by atoms with Gasteiger partial charge in [0, 0.05) is 18.5 Å². The summed E-state index contributed by atoms with van der Waals surface area (Å²) >= 11 is 5.71. The Morgan fingerprint density at radius 1 is 1.42 bits per heavy atom. The van der Waals surface area contributed by atoms with E-state index < -0.39 is 15.8 Å². The van der Waals surface area contributed by atoms with Gasteiger partial charge in [-0.15, -0.1) is 11.6 Å². The molecule has 4 nitrogen and oxygen atoms in total. The lowest BCUT2D eigenvalue weighted by molar-refractivity contribution is -0.0152. The van der Waals surface area contributed by atoms with E-state index in [4.69, 9.17) is 16.3 Å². The summed E-state index contributed by atoms with van der Waals surface area (Å²) < 4.78 is 44.6. The number of morpholine rings is 1. The fourth-order valence-corrected chi connectivity index (χ4v) is 3.80. The molecule has 1 fully saturated rings. The first kappa shape index (κ1) is 14.7. The smallest absolute Gasteiger partial charge is 0.243 e. The SMILES string of the molecule is CC1COC(CCl)CN1S(=O)(=O)c1ccc(F)cc1. The van der Waals surface area contributed by atoms with E-state index in [1.807, 2.05) is 0 Å². The molecule has 0 N–H and O–H groups in total. The van der Waals surface area contributed by atoms with Crippen molar-refractivity contribution in [1.82, 2.24) is 4.31 Å². The van der Waals surface area contributed by atoms with Crippen molar-refractivity contribution < 1.29 is 17.5 Å². The van der Waals surface area contributed by atoms with Crippen molar-refractivity contribution in [3.8, 4) is 0 Å². The second-order valence-corrected chi connectivity index (χ2v) is 6.69. The van der Waals surface area contributed by atoms with Crippen LogP contribution in [0.25, 0.3) is 0 Å². The Kier molecular flexibility index (Phi) is 4.45. The van der Waals surface area contributed by atoms with Gasteiger partial charge < -0.3 is 4.74 Å². The van der Waals surface area contributed by atoms with E-state index in [1.165, 1.54) is 16.4 Å². The standard InChI is InChI=1S/C12H15ClFNO3S/c1-9-8-18-11(6-13)7-15(9)19(16,17)12-4-2-10(14)3-5-12/h2-5,9,11H,6-8H2,1H3. The predicted octanol–water partition coefficient (Wildman–Crippen LogP) is 1.84. The number of nitrogens with zero attached hydrogens (tertiary/aromatic N) is 1. The summed E-state index contributed by atoms with van der Waals surface area (Å²) in [4.78, 5) is 0.0796. The highest BCUT2D eigenvalue weighted by Crippen LogP contribution is 2.23. The Bertz CT molecular complexity index is 534. The quantitative estimate of drug-likeness (QED) is 0.801. The van der Waals surface area contributed by atoms with Crippen LogP contribution in [0, 0.1) is 5.82 Å². The molecule has 2 unspecified atom stereocenters. The molecule has 2 rings (SSSR count). The molecule has 0 radical (unpaired) electrons. The van der Waals surface area contributed by atoms with E-state index in [0.717, 1.165) is 12.1 Å². The summed E-state index contributed by atoms with van der Waals surface area (Å²) in [5.74, 6) is -0.227. The van der Waals surface area contributed by atoms with E-state index in [9.17, 15) is 12.8 Å². The molecular formula is C12H15ClFNO3S. The topological polar surface area (TPSA) is 46.6 Å². The molecule has 0 saturated carbocycles. The van der Waals surface area contributed by atoms with Gasteiger partial charge in [-0.3, -0.25) is 0 Å². The lowest BCUT2D eigenvalue weighted by Crippen LogP contribution is -2.51. The molecule has 1 aliphatic rings. The summed E-state index contributed by atoms with van der Waals surface area (Å²) in [5, 5.41) is 0. The maximum atomic E-state index is 12.9. The molecule has 106 valence electrons. The maximum absolute atomic E-state index is 12.9. The number of benzene rings is 1. The normalized spacial score (nSPS) is 25.4. The molecular weight excluding hydrogens is 293 g/mol. The first-order valence-electron chi connectivity index (χ1n) is 5.90. The van der Waals surface area contributed by atoms with E-state index in [2.05, 4.69) is 0 Å². The number of halogens is 2. The summed E-state index contributed by atoms with van der Waals surface area (Å²) in [6.45, 7) is 2.29. The van der Waals surface area contributed by atoms with Crippen molar-refractivity contribution in [3.63, 3.8) is 0 Å². The molecule has 1 aromatic rings. The number of ether oxygens (including phenoxy) is 1. The van der Waals surface area contributed by atoms with Crippen molar-refractivity contribution in [3.05, 3.63) is 30.1 Å². The number of alkyl halides is 1. The Morgan fingerprint density at radius 2 is 2.05 bits per heavy atom. The molecule has 1 saturated heterocycles. The van der Waals surface area contributed by atoms with Gasteiger partial charge in [0.2, 0.25) is 10.0 Å². The zero-order chi connectivity index (χ0) is 14.0. The summed E-state index contributed by atoms with van der Waals surface area (Å²) in [5.41, 5.74) is 0. The molecule has 19 heavy (non-hydrogen) atoms. The fraction of sp³-hybridized carbons (Fsp3) is 0.500. The number of hydrogen-bond acceptors (Lipinski definition) is 3. The van der Waals surface area contributed by atoms with Gasteiger partial charge >= 0.3 is 0 Å². The van der Waals surface area contributed by atoms with Crippen LogP contribution in [0.5, 0.6) is 0 Å². The van der Waals surface area contributed by atoms with Gasteiger partial charge in [-0.2, -0.15) is 4.31 Å². The fourth-order valence-electron chi connectivity index (χ4n) is 1.96. The summed E-state index contributed by atoms with van der Waals surface area (Å²) in [7, 11) is -3.64. The van der Waals surface area contributed by atoms with Crippen molar-refractivity contribution >= 4 is 21.6 Å². The van der Waals surface area contributed by atoms with Crippen molar-refractivity contribution in [2.75, 3.05) is 19.0 Å². The van der Waals surface area contributed by atoms with Crippen LogP contribution < -0.4 is 0 Å². The van der Waals surface area contributed by atoms with E-state index in [-0.39, 0.29) is 29.5 Å². The highest BCUT2D eigenvalue weighted by molar-refractivity contribution is 7.89. The predicted molar refractivity (Wildman–Crippen MR) is 70.2 cm³/mol. The minimum atomic E-state index is -3.64. The third-order valence-corrected chi connectivity index (χ3v) is 5.38. The minimum absolute atomic E-state index is 0.0796. The first-order chi connectivity index (χ1) is 8.95. The second kappa shape index (κ2) is 5.75. The number of hydrogen-bond donors (Lipinski definition) is 0. The molecule has 1 aromatic carbocycles. The van der Waals surface area contributed by atoms with Gasteiger partial charge in [0.25, 0.3) is 0 Å². The van der Waals surface area contributed by atoms with Crippen LogP contribution in [-0.4, -0.2) is 43.9 Å². The highest BCUT2D eigenvalue weighted by atomic mass is 35.5. The molecule has 7 heteroatoms. The molecule has 0 spiro atoms. The summed E-state index contributed by atoms with van der Waals surface area (Å²) in [6.07, 6.45) is -0.312. The lowest BCUT2D eigenvalue weighted by Gasteiger charge is -2.36. The molecule has 0 amide bonds. The number of rotatable bonds is 3. The lowest BCUT2D eigenvalue weighted by atomic mass is 10.2. The highest BCUT2D eigenvalue weighted by Gasteiger charge is 2.35. The van der Waals surface area contributed by atoms with Gasteiger partial charge in [-0.25, -0.2) is 12.8 Å². The van der Waals surface area contributed by atoms with Crippen LogP contribution in [0.1, 0.15) is 6.92 Å². The maximum Gasteiger partial charge on any atom is 0.243 e. The molecule has 0 aromatic heterocycles. The monoisotopic (exact) mass is 307 g/mol. The minimum Gasteiger partial charge on any atom is -0.374 e. The summed E-state index contributed by atoms with van der Waals surface area (Å²) in [6, 6.07) is 4.54. The van der Waals surface area contributed by atoms with Crippen LogP contribution in [-0.2, 0) is 14.8 Å². The molecule has 0 bridgehead atoms. The van der Waals surface area contributed by atoms with Crippen LogP contribution in [0.4, 0.5) is 4.39 Å². The Morgan fingerprint density at radius 3 is 2.63 bits per heavy atom. The van der Waals surface area contributed by atoms with E-state index >= 15 is 0 Å². The third kappa shape index (κ3) is 3.08. The van der Waals surface area contributed by atoms with E-state index in [1.54, 1.807) is 6.92 Å². The van der Waals surface area contributed by atoms with Crippen molar-refractivity contribution in [2.45, 2.75) is 24.0 Å². The number of sulfonamides is 1. The zero-order valence-corrected chi connectivity index (χ0v) is 12.0. The van der Waals surface area contributed by atoms with E-state index in [0.29, 0.717) is 6.61 Å². The molecule has 1 heterocycles. The first-order valence-corrected chi connectivity index (χ1v) is 7.87. The van der Waals surface area contributed by atoms with Gasteiger partial charge in [0.15, 0.2) is 0 Å². The van der Waals surface area contributed by atoms with Gasteiger partial charge in [0.05, 0.1) is 17.6 Å². The Labute approximate surface area is 117 Å². The zero-order valence-electron chi connectivity index (χ0n) is 10.4. The van der Waals surface area contributed by atoms with Crippen LogP contribution in [0.15, 0.2) is 29.2 Å². The molecule has 0 aliphatic carbocycles. The second-order valence-electron chi connectivity index (χ2n) is 4.49.